The fourth-order valence-corrected chi connectivity index (χ4v) is 2.17. The van der Waals surface area contributed by atoms with E-state index in [9.17, 15) is 9.18 Å². The highest BCUT2D eigenvalue weighted by Gasteiger charge is 2.11. The second kappa shape index (κ2) is 6.39. The number of rotatable bonds is 4. The first-order chi connectivity index (χ1) is 11.1. The average molecular weight is 310 g/mol. The van der Waals surface area contributed by atoms with Gasteiger partial charge in [-0.3, -0.25) is 14.5 Å². The van der Waals surface area contributed by atoms with Crippen molar-refractivity contribution in [3.63, 3.8) is 0 Å². The van der Waals surface area contributed by atoms with Gasteiger partial charge in [-0.05, 0) is 36.8 Å². The number of nitrogens with one attached hydrogen (secondary N) is 1. The number of amides is 1. The molecule has 116 valence electrons. The van der Waals surface area contributed by atoms with E-state index in [1.165, 1.54) is 12.1 Å². The number of hydrogen-bond acceptors (Lipinski definition) is 3. The van der Waals surface area contributed by atoms with E-state index < -0.39 is 0 Å². The Labute approximate surface area is 132 Å². The van der Waals surface area contributed by atoms with E-state index in [0.717, 1.165) is 11.3 Å². The van der Waals surface area contributed by atoms with Gasteiger partial charge in [0.25, 0.3) is 5.91 Å². The van der Waals surface area contributed by atoms with Crippen molar-refractivity contribution in [3.8, 4) is 0 Å². The van der Waals surface area contributed by atoms with Crippen LogP contribution >= 0.6 is 0 Å². The lowest BCUT2D eigenvalue weighted by Crippen LogP contribution is -2.14. The largest absolute Gasteiger partial charge is 0.304 e. The number of carbonyl (C=O) groups excluding carboxylic acids is 1. The van der Waals surface area contributed by atoms with Gasteiger partial charge in [0.15, 0.2) is 5.82 Å². The summed E-state index contributed by atoms with van der Waals surface area (Å²) in [6.07, 6.45) is 1.56. The zero-order chi connectivity index (χ0) is 16.2. The molecule has 0 aliphatic heterocycles. The quantitative estimate of drug-likeness (QED) is 0.806. The molecule has 0 aliphatic carbocycles. The maximum atomic E-state index is 12.9. The SMILES string of the molecule is Cc1cc(NC(=O)c2ccccn2)nn1Cc1ccc(F)cc1. The van der Waals surface area contributed by atoms with Crippen molar-refractivity contribution >= 4 is 11.7 Å². The Hall–Kier alpha value is -3.02. The number of aryl methyl sites for hydroxylation is 1. The van der Waals surface area contributed by atoms with Gasteiger partial charge in [0, 0.05) is 18.0 Å². The molecule has 6 heteroatoms. The summed E-state index contributed by atoms with van der Waals surface area (Å²) in [5.41, 5.74) is 2.16. The number of aromatic nitrogens is 3. The van der Waals surface area contributed by atoms with Crippen LogP contribution in [-0.4, -0.2) is 20.7 Å². The van der Waals surface area contributed by atoms with Crippen molar-refractivity contribution in [1.29, 1.82) is 0 Å². The fourth-order valence-electron chi connectivity index (χ4n) is 2.17. The number of carbonyl (C=O) groups is 1. The van der Waals surface area contributed by atoms with E-state index in [4.69, 9.17) is 0 Å². The molecule has 2 heterocycles. The molecule has 0 saturated heterocycles. The zero-order valence-corrected chi connectivity index (χ0v) is 12.5. The Kier molecular flexibility index (Phi) is 4.14. The van der Waals surface area contributed by atoms with Crippen LogP contribution in [0.4, 0.5) is 10.2 Å². The third-order valence-corrected chi connectivity index (χ3v) is 3.37. The molecule has 0 atom stereocenters. The summed E-state index contributed by atoms with van der Waals surface area (Å²) in [5, 5.41) is 7.08. The Bertz CT molecular complexity index is 812. The number of halogens is 1. The molecule has 1 aromatic carbocycles. The van der Waals surface area contributed by atoms with Gasteiger partial charge in [-0.25, -0.2) is 4.39 Å². The highest BCUT2D eigenvalue weighted by atomic mass is 19.1. The minimum Gasteiger partial charge on any atom is -0.304 e. The summed E-state index contributed by atoms with van der Waals surface area (Å²) in [6.45, 7) is 2.40. The molecule has 0 aliphatic rings. The van der Waals surface area contributed by atoms with Gasteiger partial charge >= 0.3 is 0 Å². The van der Waals surface area contributed by atoms with Crippen LogP contribution < -0.4 is 5.32 Å². The Morgan fingerprint density at radius 3 is 2.70 bits per heavy atom. The van der Waals surface area contributed by atoms with E-state index >= 15 is 0 Å². The van der Waals surface area contributed by atoms with E-state index in [-0.39, 0.29) is 11.7 Å². The summed E-state index contributed by atoms with van der Waals surface area (Å²) in [6, 6.07) is 13.2. The Morgan fingerprint density at radius 2 is 2.00 bits per heavy atom. The molecule has 0 spiro atoms. The molecule has 2 aromatic heterocycles. The van der Waals surface area contributed by atoms with Gasteiger partial charge in [-0.15, -0.1) is 0 Å². The molecule has 3 aromatic rings. The van der Waals surface area contributed by atoms with E-state index in [2.05, 4.69) is 15.4 Å². The molecule has 3 rings (SSSR count). The average Bonchev–Trinajstić information content (AvgIpc) is 2.90. The summed E-state index contributed by atoms with van der Waals surface area (Å²) >= 11 is 0. The molecule has 0 fully saturated rings. The van der Waals surface area contributed by atoms with E-state index in [1.54, 1.807) is 47.3 Å². The van der Waals surface area contributed by atoms with Gasteiger partial charge < -0.3 is 5.32 Å². The van der Waals surface area contributed by atoms with Crippen molar-refractivity contribution in [3.05, 3.63) is 77.5 Å². The minimum absolute atomic E-state index is 0.269. The van der Waals surface area contributed by atoms with E-state index in [1.807, 2.05) is 6.92 Å². The first-order valence-corrected chi connectivity index (χ1v) is 7.13. The van der Waals surface area contributed by atoms with Crippen LogP contribution in [0.25, 0.3) is 0 Å². The van der Waals surface area contributed by atoms with Crippen molar-refractivity contribution in [2.24, 2.45) is 0 Å². The molecule has 5 nitrogen and oxygen atoms in total. The van der Waals surface area contributed by atoms with Crippen LogP contribution in [-0.2, 0) is 6.54 Å². The molecule has 1 amide bonds. The lowest BCUT2D eigenvalue weighted by molar-refractivity contribution is 0.102. The number of nitrogens with zero attached hydrogens (tertiary/aromatic N) is 3. The molecule has 23 heavy (non-hydrogen) atoms. The predicted molar refractivity (Wildman–Crippen MR) is 84.7 cm³/mol. The van der Waals surface area contributed by atoms with E-state index in [0.29, 0.717) is 18.1 Å². The van der Waals surface area contributed by atoms with Gasteiger partial charge in [-0.1, -0.05) is 18.2 Å². The molecule has 0 unspecified atom stereocenters. The maximum Gasteiger partial charge on any atom is 0.275 e. The van der Waals surface area contributed by atoms with Gasteiger partial charge in [0.05, 0.1) is 6.54 Å². The first kappa shape index (κ1) is 14.9. The van der Waals surface area contributed by atoms with Crippen LogP contribution in [0.2, 0.25) is 0 Å². The third kappa shape index (κ3) is 3.60. The highest BCUT2D eigenvalue weighted by Crippen LogP contribution is 2.12. The smallest absolute Gasteiger partial charge is 0.275 e. The standard InChI is InChI=1S/C17H15FN4O/c1-12-10-16(20-17(23)15-4-2-3-9-19-15)21-22(12)11-13-5-7-14(18)8-6-13/h2-10H,11H2,1H3,(H,20,21,23). The molecule has 1 N–H and O–H groups in total. The lowest BCUT2D eigenvalue weighted by atomic mass is 10.2. The molecule has 0 radical (unpaired) electrons. The van der Waals surface area contributed by atoms with Crippen LogP contribution in [0.5, 0.6) is 0 Å². The minimum atomic E-state index is -0.308. The molecule has 0 saturated carbocycles. The summed E-state index contributed by atoms with van der Waals surface area (Å²) in [4.78, 5) is 16.1. The van der Waals surface area contributed by atoms with Crippen molar-refractivity contribution in [1.82, 2.24) is 14.8 Å². The van der Waals surface area contributed by atoms with Crippen molar-refractivity contribution in [2.45, 2.75) is 13.5 Å². The Morgan fingerprint density at radius 1 is 1.22 bits per heavy atom. The maximum absolute atomic E-state index is 12.9. The van der Waals surface area contributed by atoms with Crippen LogP contribution in [0.15, 0.2) is 54.7 Å². The van der Waals surface area contributed by atoms with Gasteiger partial charge in [0.1, 0.15) is 11.5 Å². The molecular formula is C17H15FN4O. The summed E-state index contributed by atoms with van der Waals surface area (Å²) < 4.78 is 14.7. The summed E-state index contributed by atoms with van der Waals surface area (Å²) in [5.74, 6) is -0.119. The molecule has 0 bridgehead atoms. The van der Waals surface area contributed by atoms with Crippen LogP contribution in [0, 0.1) is 12.7 Å². The second-order valence-corrected chi connectivity index (χ2v) is 5.12. The third-order valence-electron chi connectivity index (χ3n) is 3.37. The van der Waals surface area contributed by atoms with Gasteiger partial charge in [0.2, 0.25) is 0 Å². The molecular weight excluding hydrogens is 295 g/mol. The highest BCUT2D eigenvalue weighted by molar-refractivity contribution is 6.02. The topological polar surface area (TPSA) is 59.8 Å². The monoisotopic (exact) mass is 310 g/mol. The fraction of sp³-hybridized carbons (Fsp3) is 0.118. The predicted octanol–water partition coefficient (Wildman–Crippen LogP) is 3.03. The lowest BCUT2D eigenvalue weighted by Gasteiger charge is -2.04. The normalized spacial score (nSPS) is 10.5. The number of pyridine rings is 1. The zero-order valence-electron chi connectivity index (χ0n) is 12.5. The van der Waals surface area contributed by atoms with Crippen LogP contribution in [0.3, 0.4) is 0 Å². The number of benzene rings is 1. The number of anilines is 1. The first-order valence-electron chi connectivity index (χ1n) is 7.13. The van der Waals surface area contributed by atoms with Crippen molar-refractivity contribution < 1.29 is 9.18 Å². The Balaban J connectivity index is 1.73. The van der Waals surface area contributed by atoms with Crippen LogP contribution in [0.1, 0.15) is 21.7 Å². The number of hydrogen-bond donors (Lipinski definition) is 1. The second-order valence-electron chi connectivity index (χ2n) is 5.12. The van der Waals surface area contributed by atoms with Gasteiger partial charge in [-0.2, -0.15) is 5.10 Å². The summed E-state index contributed by atoms with van der Waals surface area (Å²) in [7, 11) is 0. The van der Waals surface area contributed by atoms with Crippen molar-refractivity contribution in [2.75, 3.05) is 5.32 Å².